The van der Waals surface area contributed by atoms with Crippen LogP contribution in [-0.2, 0) is 0 Å². The molecule has 0 fully saturated rings. The summed E-state index contributed by atoms with van der Waals surface area (Å²) in [6.45, 7) is 4.33. The van der Waals surface area contributed by atoms with Crippen LogP contribution in [0.3, 0.4) is 0 Å². The summed E-state index contributed by atoms with van der Waals surface area (Å²) in [7, 11) is 0. The maximum Gasteiger partial charge on any atom is 0.0131 e. The predicted octanol–water partition coefficient (Wildman–Crippen LogP) is 2.88. The summed E-state index contributed by atoms with van der Waals surface area (Å²) in [6, 6.07) is 4.36. The van der Waals surface area contributed by atoms with Gasteiger partial charge in [0.15, 0.2) is 0 Å². The van der Waals surface area contributed by atoms with E-state index >= 15 is 0 Å². The van der Waals surface area contributed by atoms with Crippen molar-refractivity contribution < 1.29 is 0 Å². The highest BCUT2D eigenvalue weighted by Crippen LogP contribution is 2.25. The van der Waals surface area contributed by atoms with Crippen molar-refractivity contribution in [2.24, 2.45) is 0 Å². The van der Waals surface area contributed by atoms with Gasteiger partial charge in [-0.15, -0.1) is 0 Å². The summed E-state index contributed by atoms with van der Waals surface area (Å²) in [5.41, 5.74) is 5.54. The van der Waals surface area contributed by atoms with Crippen molar-refractivity contribution in [3.63, 3.8) is 0 Å². The number of allylic oxidation sites excluding steroid dienone is 1. The van der Waals surface area contributed by atoms with Crippen LogP contribution in [0.5, 0.6) is 0 Å². The maximum absolute atomic E-state index is 2.18. The van der Waals surface area contributed by atoms with Crippen molar-refractivity contribution in [3.05, 3.63) is 46.9 Å². The molecule has 1 aliphatic carbocycles. The summed E-state index contributed by atoms with van der Waals surface area (Å²) in [5, 5.41) is 0. The lowest BCUT2D eigenvalue weighted by Crippen LogP contribution is -1.87. The Morgan fingerprint density at radius 2 is 1.91 bits per heavy atom. The summed E-state index contributed by atoms with van der Waals surface area (Å²) in [6.07, 6.45) is 6.44. The summed E-state index contributed by atoms with van der Waals surface area (Å²) in [4.78, 5) is 0. The molecule has 0 nitrogen and oxygen atoms in total. The summed E-state index contributed by atoms with van der Waals surface area (Å²) in [5.74, 6) is 0. The zero-order chi connectivity index (χ0) is 7.84. The van der Waals surface area contributed by atoms with Crippen LogP contribution in [-0.4, -0.2) is 0 Å². The fourth-order valence-corrected chi connectivity index (χ4v) is 1.47. The van der Waals surface area contributed by atoms with Gasteiger partial charge in [-0.2, -0.15) is 0 Å². The second kappa shape index (κ2) is 2.23. The molecular formula is C11H11. The molecule has 1 aromatic carbocycles. The van der Waals surface area contributed by atoms with Gasteiger partial charge in [0.05, 0.1) is 0 Å². The molecule has 1 radical (unpaired) electrons. The van der Waals surface area contributed by atoms with Gasteiger partial charge in [0.2, 0.25) is 0 Å². The van der Waals surface area contributed by atoms with E-state index in [0.717, 1.165) is 0 Å². The second-order valence-corrected chi connectivity index (χ2v) is 3.04. The Morgan fingerprint density at radius 3 is 2.73 bits per heavy atom. The van der Waals surface area contributed by atoms with E-state index in [4.69, 9.17) is 0 Å². The van der Waals surface area contributed by atoms with Gasteiger partial charge in [0.1, 0.15) is 0 Å². The van der Waals surface area contributed by atoms with Gasteiger partial charge in [-0.3, -0.25) is 0 Å². The minimum atomic E-state index is 1.35. The standard InChI is InChI=1S/C11H11/c1-8-6-7-10-4-3-5-11(10)9(8)2/h3-7H,1-2H3. The van der Waals surface area contributed by atoms with Crippen molar-refractivity contribution in [3.8, 4) is 0 Å². The minimum absolute atomic E-state index is 1.35. The number of hydrogen-bond donors (Lipinski definition) is 0. The van der Waals surface area contributed by atoms with Crippen LogP contribution >= 0.6 is 0 Å². The summed E-state index contributed by atoms with van der Waals surface area (Å²) >= 11 is 0. The Labute approximate surface area is 67.6 Å². The maximum atomic E-state index is 2.18. The van der Waals surface area contributed by atoms with Crippen molar-refractivity contribution >= 4 is 6.08 Å². The van der Waals surface area contributed by atoms with Crippen LogP contribution in [0.15, 0.2) is 18.2 Å². The van der Waals surface area contributed by atoms with Gasteiger partial charge in [0.25, 0.3) is 0 Å². The lowest BCUT2D eigenvalue weighted by Gasteiger charge is -2.05. The van der Waals surface area contributed by atoms with E-state index in [0.29, 0.717) is 0 Å². The fourth-order valence-electron chi connectivity index (χ4n) is 1.47. The van der Waals surface area contributed by atoms with Crippen LogP contribution in [0.4, 0.5) is 0 Å². The Balaban J connectivity index is 2.70. The molecule has 0 bridgehead atoms. The van der Waals surface area contributed by atoms with Gasteiger partial charge in [-0.25, -0.2) is 0 Å². The normalized spacial score (nSPS) is 13.6. The SMILES string of the molecule is Cc1ccc2c(c1C)C=C[CH]2. The number of rotatable bonds is 0. The van der Waals surface area contributed by atoms with Gasteiger partial charge in [-0.05, 0) is 36.1 Å². The van der Waals surface area contributed by atoms with Crippen LogP contribution in [0.2, 0.25) is 0 Å². The molecule has 0 aromatic heterocycles. The van der Waals surface area contributed by atoms with Crippen molar-refractivity contribution in [2.75, 3.05) is 0 Å². The van der Waals surface area contributed by atoms with E-state index in [9.17, 15) is 0 Å². The highest BCUT2D eigenvalue weighted by Gasteiger charge is 2.08. The molecule has 2 rings (SSSR count). The highest BCUT2D eigenvalue weighted by atomic mass is 14.1. The summed E-state index contributed by atoms with van der Waals surface area (Å²) < 4.78 is 0. The van der Waals surface area contributed by atoms with E-state index in [2.05, 4.69) is 44.6 Å². The smallest absolute Gasteiger partial charge is 0.0131 e. The topological polar surface area (TPSA) is 0 Å². The van der Waals surface area contributed by atoms with Crippen LogP contribution in [0.25, 0.3) is 6.08 Å². The second-order valence-electron chi connectivity index (χ2n) is 3.04. The molecular weight excluding hydrogens is 132 g/mol. The molecule has 1 aromatic rings. The third-order valence-corrected chi connectivity index (χ3v) is 2.36. The van der Waals surface area contributed by atoms with Crippen molar-refractivity contribution in [1.29, 1.82) is 0 Å². The highest BCUT2D eigenvalue weighted by molar-refractivity contribution is 5.68. The molecule has 55 valence electrons. The minimum Gasteiger partial charge on any atom is -0.0754 e. The fraction of sp³-hybridized carbons (Fsp3) is 0.182. The van der Waals surface area contributed by atoms with Crippen LogP contribution in [0, 0.1) is 20.3 Å². The Kier molecular flexibility index (Phi) is 1.35. The molecule has 0 aliphatic heterocycles. The predicted molar refractivity (Wildman–Crippen MR) is 48.4 cm³/mol. The lowest BCUT2D eigenvalue weighted by molar-refractivity contribution is 1.31. The van der Waals surface area contributed by atoms with E-state index < -0.39 is 0 Å². The average molecular weight is 143 g/mol. The van der Waals surface area contributed by atoms with Gasteiger partial charge >= 0.3 is 0 Å². The number of fused-ring (bicyclic) bond motifs is 1. The Bertz CT molecular complexity index is 319. The van der Waals surface area contributed by atoms with Gasteiger partial charge in [0, 0.05) is 6.42 Å². The van der Waals surface area contributed by atoms with Crippen LogP contribution < -0.4 is 0 Å². The zero-order valence-corrected chi connectivity index (χ0v) is 6.89. The number of aryl methyl sites for hydroxylation is 1. The molecule has 0 heteroatoms. The first-order chi connectivity index (χ1) is 5.29. The Morgan fingerprint density at radius 1 is 1.09 bits per heavy atom. The first-order valence-corrected chi connectivity index (χ1v) is 3.90. The van der Waals surface area contributed by atoms with Crippen molar-refractivity contribution in [2.45, 2.75) is 13.8 Å². The van der Waals surface area contributed by atoms with Crippen LogP contribution in [0.1, 0.15) is 22.3 Å². The van der Waals surface area contributed by atoms with E-state index in [-0.39, 0.29) is 0 Å². The lowest BCUT2D eigenvalue weighted by atomic mass is 10.0. The molecule has 0 N–H and O–H groups in total. The average Bonchev–Trinajstić information content (AvgIpc) is 2.45. The Hall–Kier alpha value is -1.04. The zero-order valence-electron chi connectivity index (χ0n) is 6.89. The molecule has 11 heavy (non-hydrogen) atoms. The first-order valence-electron chi connectivity index (χ1n) is 3.90. The number of hydrogen-bond acceptors (Lipinski definition) is 0. The molecule has 0 atom stereocenters. The van der Waals surface area contributed by atoms with Gasteiger partial charge in [-0.1, -0.05) is 24.3 Å². The first kappa shape index (κ1) is 6.66. The molecule has 0 heterocycles. The third-order valence-electron chi connectivity index (χ3n) is 2.36. The monoisotopic (exact) mass is 143 g/mol. The molecule has 0 saturated heterocycles. The molecule has 0 unspecified atom stereocenters. The molecule has 0 saturated carbocycles. The largest absolute Gasteiger partial charge is 0.0754 e. The van der Waals surface area contributed by atoms with E-state index in [1.165, 1.54) is 22.3 Å². The quantitative estimate of drug-likeness (QED) is 0.524. The molecule has 0 spiro atoms. The van der Waals surface area contributed by atoms with Crippen molar-refractivity contribution in [1.82, 2.24) is 0 Å². The van der Waals surface area contributed by atoms with E-state index in [1.54, 1.807) is 0 Å². The number of benzene rings is 1. The molecule has 0 amide bonds. The molecule has 1 aliphatic rings. The third kappa shape index (κ3) is 0.900. The van der Waals surface area contributed by atoms with Gasteiger partial charge < -0.3 is 0 Å². The van der Waals surface area contributed by atoms with E-state index in [1.807, 2.05) is 0 Å².